The van der Waals surface area contributed by atoms with Gasteiger partial charge in [0.15, 0.2) is 0 Å². The lowest BCUT2D eigenvalue weighted by molar-refractivity contribution is -0.00257. The molecule has 0 atom stereocenters. The van der Waals surface area contributed by atoms with Gasteiger partial charge in [-0.15, -0.1) is 11.3 Å². The van der Waals surface area contributed by atoms with Gasteiger partial charge in [0.2, 0.25) is 0 Å². The fourth-order valence-electron chi connectivity index (χ4n) is 3.22. The van der Waals surface area contributed by atoms with Gasteiger partial charge in [0.25, 0.3) is 5.91 Å². The summed E-state index contributed by atoms with van der Waals surface area (Å²) in [4.78, 5) is 16.8. The highest BCUT2D eigenvalue weighted by Gasteiger charge is 2.31. The van der Waals surface area contributed by atoms with E-state index >= 15 is 0 Å². The van der Waals surface area contributed by atoms with E-state index in [9.17, 15) is 9.90 Å². The van der Waals surface area contributed by atoms with Crippen molar-refractivity contribution >= 4 is 43.4 Å². The summed E-state index contributed by atoms with van der Waals surface area (Å²) in [5.41, 5.74) is 0.886. The fraction of sp³-hybridized carbons (Fsp3) is 0.529. The van der Waals surface area contributed by atoms with E-state index < -0.39 is 5.60 Å². The maximum Gasteiger partial charge on any atom is 0.253 e. The molecule has 0 aromatic carbocycles. The van der Waals surface area contributed by atoms with E-state index in [-0.39, 0.29) is 11.9 Å². The van der Waals surface area contributed by atoms with Crippen molar-refractivity contribution in [2.45, 2.75) is 51.2 Å². The summed E-state index contributed by atoms with van der Waals surface area (Å²) in [6.07, 6.45) is 5.37. The largest absolute Gasteiger partial charge is 0.390 e. The molecule has 1 fully saturated rings. The molecule has 0 saturated heterocycles. The highest BCUT2D eigenvalue weighted by molar-refractivity contribution is 9.11. The first-order chi connectivity index (χ1) is 10.8. The number of hydrogen-bond donors (Lipinski definition) is 2. The van der Waals surface area contributed by atoms with Crippen molar-refractivity contribution in [3.05, 3.63) is 27.7 Å². The Morgan fingerprint density at radius 1 is 1.35 bits per heavy atom. The van der Waals surface area contributed by atoms with Crippen molar-refractivity contribution in [3.8, 4) is 0 Å². The van der Waals surface area contributed by atoms with Gasteiger partial charge in [-0.1, -0.05) is 0 Å². The third kappa shape index (κ3) is 3.92. The summed E-state index contributed by atoms with van der Waals surface area (Å²) in [6.45, 7) is 3.74. The molecule has 1 aliphatic carbocycles. The van der Waals surface area contributed by atoms with Gasteiger partial charge >= 0.3 is 0 Å². The van der Waals surface area contributed by atoms with E-state index in [0.717, 1.165) is 39.7 Å². The Bertz CT molecular complexity index is 715. The Hall–Kier alpha value is -0.980. The van der Waals surface area contributed by atoms with E-state index in [1.165, 1.54) is 0 Å². The highest BCUT2D eigenvalue weighted by Crippen LogP contribution is 2.33. The standard InChI is InChI=1S/C17H21BrN2O2S/c1-17(2,22)11-3-5-12(6-4-11)20-16(21)10-7-14-13(19-9-10)8-15(18)23-14/h7-9,11-12,22H,3-6H2,1-2H3,(H,20,21)/t11-,12-. The summed E-state index contributed by atoms with van der Waals surface area (Å²) in [5, 5.41) is 13.2. The Morgan fingerprint density at radius 2 is 2.04 bits per heavy atom. The predicted octanol–water partition coefficient (Wildman–Crippen LogP) is 4.12. The molecule has 2 N–H and O–H groups in total. The molecule has 0 aliphatic heterocycles. The van der Waals surface area contributed by atoms with Gasteiger partial charge in [-0.2, -0.15) is 0 Å². The average Bonchev–Trinajstić information content (AvgIpc) is 2.85. The zero-order chi connectivity index (χ0) is 16.6. The monoisotopic (exact) mass is 396 g/mol. The molecular weight excluding hydrogens is 376 g/mol. The number of aliphatic hydroxyl groups is 1. The minimum Gasteiger partial charge on any atom is -0.390 e. The van der Waals surface area contributed by atoms with Crippen LogP contribution in [0, 0.1) is 5.92 Å². The molecule has 1 amide bonds. The molecule has 124 valence electrons. The quantitative estimate of drug-likeness (QED) is 0.819. The molecule has 2 heterocycles. The molecule has 0 unspecified atom stereocenters. The predicted molar refractivity (Wildman–Crippen MR) is 96.8 cm³/mol. The summed E-state index contributed by atoms with van der Waals surface area (Å²) in [6, 6.07) is 4.04. The molecule has 4 nitrogen and oxygen atoms in total. The van der Waals surface area contributed by atoms with Crippen LogP contribution in [-0.4, -0.2) is 27.6 Å². The molecule has 0 bridgehead atoms. The van der Waals surface area contributed by atoms with Crippen LogP contribution in [0.15, 0.2) is 22.1 Å². The minimum absolute atomic E-state index is 0.0596. The number of nitrogens with one attached hydrogen (secondary N) is 1. The lowest BCUT2D eigenvalue weighted by Crippen LogP contribution is -2.41. The first-order valence-corrected chi connectivity index (χ1v) is 9.52. The van der Waals surface area contributed by atoms with Crippen LogP contribution >= 0.6 is 27.3 Å². The summed E-state index contributed by atoms with van der Waals surface area (Å²) >= 11 is 5.02. The van der Waals surface area contributed by atoms with Gasteiger partial charge in [-0.3, -0.25) is 9.78 Å². The van der Waals surface area contributed by atoms with Crippen LogP contribution in [-0.2, 0) is 0 Å². The number of pyridine rings is 1. The fourth-order valence-corrected chi connectivity index (χ4v) is 4.75. The van der Waals surface area contributed by atoms with Crippen LogP contribution < -0.4 is 5.32 Å². The number of thiophene rings is 1. The lowest BCUT2D eigenvalue weighted by atomic mass is 9.77. The number of aromatic nitrogens is 1. The Morgan fingerprint density at radius 3 is 2.70 bits per heavy atom. The van der Waals surface area contributed by atoms with Crippen LogP contribution in [0.5, 0.6) is 0 Å². The van der Waals surface area contributed by atoms with Gasteiger partial charge in [0.05, 0.1) is 25.2 Å². The van der Waals surface area contributed by atoms with Crippen LogP contribution in [0.2, 0.25) is 0 Å². The molecular formula is C17H21BrN2O2S. The van der Waals surface area contributed by atoms with Gasteiger partial charge < -0.3 is 10.4 Å². The van der Waals surface area contributed by atoms with Crippen molar-refractivity contribution in [2.75, 3.05) is 0 Å². The minimum atomic E-state index is -0.628. The second-order valence-corrected chi connectivity index (χ2v) is 9.30. The van der Waals surface area contributed by atoms with Crippen molar-refractivity contribution < 1.29 is 9.90 Å². The summed E-state index contributed by atoms with van der Waals surface area (Å²) in [7, 11) is 0. The SMILES string of the molecule is CC(C)(O)[C@H]1CC[C@H](NC(=O)c2cnc3cc(Br)sc3c2)CC1. The van der Waals surface area contributed by atoms with E-state index in [0.29, 0.717) is 11.5 Å². The number of carbonyl (C=O) groups is 1. The number of nitrogens with zero attached hydrogens (tertiary/aromatic N) is 1. The summed E-state index contributed by atoms with van der Waals surface area (Å²) in [5.74, 6) is 0.257. The third-order valence-electron chi connectivity index (χ3n) is 4.66. The van der Waals surface area contributed by atoms with Crippen LogP contribution in [0.1, 0.15) is 49.9 Å². The second-order valence-electron chi connectivity index (χ2n) is 6.83. The zero-order valence-electron chi connectivity index (χ0n) is 13.3. The molecule has 1 aliphatic rings. The first-order valence-electron chi connectivity index (χ1n) is 7.91. The summed E-state index contributed by atoms with van der Waals surface area (Å²) < 4.78 is 2.03. The van der Waals surface area contributed by atoms with Crippen LogP contribution in [0.4, 0.5) is 0 Å². The second kappa shape index (κ2) is 6.49. The molecule has 1 saturated carbocycles. The highest BCUT2D eigenvalue weighted by atomic mass is 79.9. The zero-order valence-corrected chi connectivity index (χ0v) is 15.7. The van der Waals surface area contributed by atoms with Gasteiger partial charge in [-0.05, 0) is 73.5 Å². The topological polar surface area (TPSA) is 62.2 Å². The molecule has 0 radical (unpaired) electrons. The number of carbonyl (C=O) groups excluding carboxylic acids is 1. The van der Waals surface area contributed by atoms with Gasteiger partial charge in [0.1, 0.15) is 0 Å². The Kier molecular flexibility index (Phi) is 4.76. The lowest BCUT2D eigenvalue weighted by Gasteiger charge is -2.36. The number of fused-ring (bicyclic) bond motifs is 1. The molecule has 23 heavy (non-hydrogen) atoms. The molecule has 6 heteroatoms. The van der Waals surface area contributed by atoms with E-state index in [1.807, 2.05) is 26.0 Å². The normalized spacial score (nSPS) is 22.3. The maximum absolute atomic E-state index is 12.4. The van der Waals surface area contributed by atoms with E-state index in [4.69, 9.17) is 0 Å². The Labute approximate surface area is 148 Å². The van der Waals surface area contributed by atoms with E-state index in [2.05, 4.69) is 26.2 Å². The molecule has 2 aromatic rings. The number of hydrogen-bond acceptors (Lipinski definition) is 4. The van der Waals surface area contributed by atoms with Crippen molar-refractivity contribution in [3.63, 3.8) is 0 Å². The molecule has 0 spiro atoms. The third-order valence-corrected chi connectivity index (χ3v) is 6.24. The van der Waals surface area contributed by atoms with Gasteiger partial charge in [-0.25, -0.2) is 0 Å². The number of amides is 1. The number of halogens is 1. The molecule has 2 aromatic heterocycles. The average molecular weight is 397 g/mol. The van der Waals surface area contributed by atoms with Crippen molar-refractivity contribution in [1.29, 1.82) is 0 Å². The van der Waals surface area contributed by atoms with Gasteiger partial charge in [0, 0.05) is 12.2 Å². The maximum atomic E-state index is 12.4. The van der Waals surface area contributed by atoms with Crippen molar-refractivity contribution in [2.24, 2.45) is 5.92 Å². The van der Waals surface area contributed by atoms with Crippen LogP contribution in [0.25, 0.3) is 10.2 Å². The van der Waals surface area contributed by atoms with Crippen molar-refractivity contribution in [1.82, 2.24) is 10.3 Å². The van der Waals surface area contributed by atoms with Crippen LogP contribution in [0.3, 0.4) is 0 Å². The Balaban J connectivity index is 1.62. The number of rotatable bonds is 3. The smallest absolute Gasteiger partial charge is 0.253 e. The molecule has 3 rings (SSSR count). The first kappa shape index (κ1) is 16.9. The van der Waals surface area contributed by atoms with E-state index in [1.54, 1.807) is 17.5 Å².